The molecule has 1 aromatic heterocycles. The minimum Gasteiger partial charge on any atom is -0.314 e. The summed E-state index contributed by atoms with van der Waals surface area (Å²) in [5.41, 5.74) is 1.37. The predicted octanol–water partition coefficient (Wildman–Crippen LogP) is 2.23. The molecule has 2 aliphatic rings. The predicted molar refractivity (Wildman–Crippen MR) is 78.2 cm³/mol. The maximum absolute atomic E-state index is 4.21. The lowest BCUT2D eigenvalue weighted by molar-refractivity contribution is 0.119. The van der Waals surface area contributed by atoms with Crippen molar-refractivity contribution in [2.45, 2.75) is 57.2 Å². The number of nitrogens with one attached hydrogen (secondary N) is 1. The van der Waals surface area contributed by atoms with Gasteiger partial charge in [-0.2, -0.15) is 0 Å². The molecule has 0 spiro atoms. The summed E-state index contributed by atoms with van der Waals surface area (Å²) in [7, 11) is 0. The lowest BCUT2D eigenvalue weighted by Crippen LogP contribution is -2.49. The number of hydrogen-bond acceptors (Lipinski definition) is 3. The van der Waals surface area contributed by atoms with Crippen LogP contribution in [0.3, 0.4) is 0 Å². The highest BCUT2D eigenvalue weighted by molar-refractivity contribution is 5.09. The third kappa shape index (κ3) is 2.98. The Labute approximate surface area is 116 Å². The zero-order chi connectivity index (χ0) is 13.1. The molecule has 0 amide bonds. The molecular formula is C16H25N3. The van der Waals surface area contributed by atoms with Gasteiger partial charge in [-0.05, 0) is 50.3 Å². The number of fused-ring (bicyclic) bond motifs is 2. The highest BCUT2D eigenvalue weighted by Crippen LogP contribution is 2.35. The molecule has 104 valence electrons. The molecule has 2 saturated heterocycles. The summed E-state index contributed by atoms with van der Waals surface area (Å²) in [5, 5.41) is 3.64. The lowest BCUT2D eigenvalue weighted by Gasteiger charge is -2.39. The number of rotatable bonds is 5. The molecule has 2 unspecified atom stereocenters. The molecule has 2 aliphatic heterocycles. The molecule has 2 fully saturated rings. The van der Waals surface area contributed by atoms with Crippen LogP contribution in [0.5, 0.6) is 0 Å². The van der Waals surface area contributed by atoms with E-state index >= 15 is 0 Å². The fourth-order valence-electron chi connectivity index (χ4n) is 3.90. The summed E-state index contributed by atoms with van der Waals surface area (Å²) >= 11 is 0. The average Bonchev–Trinajstić information content (AvgIpc) is 2.68. The van der Waals surface area contributed by atoms with Gasteiger partial charge in [-0.3, -0.25) is 9.88 Å². The van der Waals surface area contributed by atoms with E-state index in [4.69, 9.17) is 0 Å². The molecule has 3 heteroatoms. The molecule has 0 saturated carbocycles. The number of nitrogens with zero attached hydrogens (tertiary/aromatic N) is 2. The fourth-order valence-corrected chi connectivity index (χ4v) is 3.90. The van der Waals surface area contributed by atoms with Gasteiger partial charge in [0.05, 0.1) is 0 Å². The highest BCUT2D eigenvalue weighted by Gasteiger charge is 2.39. The first-order valence-electron chi connectivity index (χ1n) is 7.75. The molecule has 0 aliphatic carbocycles. The second-order valence-electron chi connectivity index (χ2n) is 5.96. The largest absolute Gasteiger partial charge is 0.314 e. The number of aromatic nitrogens is 1. The van der Waals surface area contributed by atoms with Crippen LogP contribution in [0.15, 0.2) is 24.5 Å². The van der Waals surface area contributed by atoms with E-state index in [0.29, 0.717) is 0 Å². The van der Waals surface area contributed by atoms with Crippen LogP contribution in [0, 0.1) is 0 Å². The van der Waals surface area contributed by atoms with E-state index in [9.17, 15) is 0 Å². The van der Waals surface area contributed by atoms with Gasteiger partial charge >= 0.3 is 0 Å². The van der Waals surface area contributed by atoms with Crippen LogP contribution in [-0.2, 0) is 6.42 Å². The molecule has 0 radical (unpaired) electrons. The van der Waals surface area contributed by atoms with Crippen LogP contribution in [-0.4, -0.2) is 41.1 Å². The van der Waals surface area contributed by atoms with Crippen LogP contribution in [0.1, 0.15) is 38.2 Å². The second-order valence-corrected chi connectivity index (χ2v) is 5.96. The Hall–Kier alpha value is -0.930. The third-order valence-corrected chi connectivity index (χ3v) is 4.76. The van der Waals surface area contributed by atoms with Crippen molar-refractivity contribution in [2.75, 3.05) is 13.1 Å². The Morgan fingerprint density at radius 3 is 2.74 bits per heavy atom. The van der Waals surface area contributed by atoms with E-state index in [0.717, 1.165) is 31.1 Å². The first kappa shape index (κ1) is 13.1. The zero-order valence-electron chi connectivity index (χ0n) is 11.9. The minimum atomic E-state index is 0.761. The van der Waals surface area contributed by atoms with E-state index in [1.165, 1.54) is 37.8 Å². The average molecular weight is 259 g/mol. The van der Waals surface area contributed by atoms with E-state index in [1.807, 2.05) is 18.5 Å². The smallest absolute Gasteiger partial charge is 0.0300 e. The standard InChI is InChI=1S/C16H25N3/c1-2-18-14-10-15-5-6-16(11-14)19(15)9-7-13-4-3-8-17-12-13/h3-4,8,12,14-16,18H,2,5-7,9-11H2,1H3. The molecule has 19 heavy (non-hydrogen) atoms. The van der Waals surface area contributed by atoms with Crippen LogP contribution in [0.2, 0.25) is 0 Å². The van der Waals surface area contributed by atoms with Crippen LogP contribution in [0.25, 0.3) is 0 Å². The van der Waals surface area contributed by atoms with Crippen molar-refractivity contribution < 1.29 is 0 Å². The Morgan fingerprint density at radius 2 is 2.11 bits per heavy atom. The third-order valence-electron chi connectivity index (χ3n) is 4.76. The summed E-state index contributed by atoms with van der Waals surface area (Å²) < 4.78 is 0. The molecule has 3 rings (SSSR count). The molecule has 3 nitrogen and oxygen atoms in total. The van der Waals surface area contributed by atoms with Crippen molar-refractivity contribution in [3.05, 3.63) is 30.1 Å². The first-order valence-corrected chi connectivity index (χ1v) is 7.75. The fraction of sp³-hybridized carbons (Fsp3) is 0.688. The molecule has 1 N–H and O–H groups in total. The summed E-state index contributed by atoms with van der Waals surface area (Å²) in [5.74, 6) is 0. The quantitative estimate of drug-likeness (QED) is 0.879. The summed E-state index contributed by atoms with van der Waals surface area (Å²) in [4.78, 5) is 6.97. The first-order chi connectivity index (χ1) is 9.36. The van der Waals surface area contributed by atoms with Crippen molar-refractivity contribution in [3.63, 3.8) is 0 Å². The van der Waals surface area contributed by atoms with Crippen LogP contribution in [0.4, 0.5) is 0 Å². The summed E-state index contributed by atoms with van der Waals surface area (Å²) in [6.45, 7) is 4.54. The maximum atomic E-state index is 4.21. The molecule has 1 aromatic rings. The second kappa shape index (κ2) is 6.02. The van der Waals surface area contributed by atoms with Gasteiger partial charge in [-0.1, -0.05) is 13.0 Å². The highest BCUT2D eigenvalue weighted by atomic mass is 15.2. The van der Waals surface area contributed by atoms with Crippen molar-refractivity contribution in [2.24, 2.45) is 0 Å². The van der Waals surface area contributed by atoms with E-state index in [1.54, 1.807) is 0 Å². The van der Waals surface area contributed by atoms with Crippen molar-refractivity contribution >= 4 is 0 Å². The van der Waals surface area contributed by atoms with Gasteiger partial charge in [-0.25, -0.2) is 0 Å². The van der Waals surface area contributed by atoms with Gasteiger partial charge in [0.1, 0.15) is 0 Å². The van der Waals surface area contributed by atoms with Gasteiger partial charge in [-0.15, -0.1) is 0 Å². The van der Waals surface area contributed by atoms with E-state index in [2.05, 4.69) is 28.2 Å². The van der Waals surface area contributed by atoms with Crippen LogP contribution < -0.4 is 5.32 Å². The summed E-state index contributed by atoms with van der Waals surface area (Å²) in [6.07, 6.45) is 10.5. The Morgan fingerprint density at radius 1 is 1.32 bits per heavy atom. The molecule has 2 atom stereocenters. The lowest BCUT2D eigenvalue weighted by atomic mass is 9.96. The molecule has 2 bridgehead atoms. The normalized spacial score (nSPS) is 30.7. The van der Waals surface area contributed by atoms with Gasteiger partial charge in [0.2, 0.25) is 0 Å². The van der Waals surface area contributed by atoms with Crippen molar-refractivity contribution in [3.8, 4) is 0 Å². The monoisotopic (exact) mass is 259 g/mol. The molecule has 3 heterocycles. The zero-order valence-corrected chi connectivity index (χ0v) is 11.9. The van der Waals surface area contributed by atoms with Crippen molar-refractivity contribution in [1.29, 1.82) is 0 Å². The van der Waals surface area contributed by atoms with Crippen molar-refractivity contribution in [1.82, 2.24) is 15.2 Å². The van der Waals surface area contributed by atoms with E-state index < -0.39 is 0 Å². The Kier molecular flexibility index (Phi) is 4.14. The van der Waals surface area contributed by atoms with Gasteiger partial charge in [0, 0.05) is 37.1 Å². The number of hydrogen-bond donors (Lipinski definition) is 1. The minimum absolute atomic E-state index is 0.761. The van der Waals surface area contributed by atoms with Crippen LogP contribution >= 0.6 is 0 Å². The van der Waals surface area contributed by atoms with E-state index in [-0.39, 0.29) is 0 Å². The topological polar surface area (TPSA) is 28.2 Å². The Balaban J connectivity index is 1.55. The number of pyridine rings is 1. The van der Waals surface area contributed by atoms with Gasteiger partial charge < -0.3 is 5.32 Å². The maximum Gasteiger partial charge on any atom is 0.0300 e. The Bertz CT molecular complexity index is 378. The summed E-state index contributed by atoms with van der Waals surface area (Å²) in [6, 6.07) is 6.64. The van der Waals surface area contributed by atoms with Gasteiger partial charge in [0.15, 0.2) is 0 Å². The molecule has 0 aromatic carbocycles. The number of piperidine rings is 1. The van der Waals surface area contributed by atoms with Gasteiger partial charge in [0.25, 0.3) is 0 Å². The molecular weight excluding hydrogens is 234 g/mol. The SMILES string of the molecule is CCNC1CC2CCC(C1)N2CCc1cccnc1.